The highest BCUT2D eigenvalue weighted by atomic mass is 16.1. The second-order valence-electron chi connectivity index (χ2n) is 4.46. The van der Waals surface area contributed by atoms with Crippen molar-refractivity contribution in [3.05, 3.63) is 30.6 Å². The number of carbonyl (C=O) groups excluding carboxylic acids is 1. The molecule has 0 saturated carbocycles. The molecule has 0 fully saturated rings. The minimum absolute atomic E-state index is 0.00517. The second kappa shape index (κ2) is 5.64. The van der Waals surface area contributed by atoms with Crippen LogP contribution in [-0.4, -0.2) is 28.0 Å². The fraction of sp³-hybridized carbons (Fsp3) is 0.385. The van der Waals surface area contributed by atoms with Crippen molar-refractivity contribution in [2.45, 2.75) is 25.9 Å². The molecule has 0 bridgehead atoms. The van der Waals surface area contributed by atoms with E-state index in [1.165, 1.54) is 0 Å². The maximum Gasteiger partial charge on any atom is 0.221 e. The Kier molecular flexibility index (Phi) is 3.94. The first-order chi connectivity index (χ1) is 8.66. The monoisotopic (exact) mass is 246 g/mol. The Morgan fingerprint density at radius 2 is 2.28 bits per heavy atom. The molecule has 0 aliphatic heterocycles. The van der Waals surface area contributed by atoms with Gasteiger partial charge in [-0.05, 0) is 19.1 Å². The van der Waals surface area contributed by atoms with Gasteiger partial charge in [0.25, 0.3) is 0 Å². The third-order valence-electron chi connectivity index (χ3n) is 2.71. The van der Waals surface area contributed by atoms with Crippen molar-refractivity contribution < 1.29 is 4.79 Å². The van der Waals surface area contributed by atoms with E-state index in [0.717, 1.165) is 11.0 Å². The molecule has 1 atom stereocenters. The molecule has 2 rings (SSSR count). The third kappa shape index (κ3) is 3.07. The summed E-state index contributed by atoms with van der Waals surface area (Å²) in [6.45, 7) is 3.13. The van der Waals surface area contributed by atoms with Crippen LogP contribution in [0, 0.1) is 0 Å². The topological polar surface area (TPSA) is 72.9 Å². The lowest BCUT2D eigenvalue weighted by atomic mass is 10.2. The third-order valence-corrected chi connectivity index (χ3v) is 2.71. The smallest absolute Gasteiger partial charge is 0.221 e. The van der Waals surface area contributed by atoms with Gasteiger partial charge < -0.3 is 15.6 Å². The van der Waals surface area contributed by atoms with Crippen molar-refractivity contribution in [1.82, 2.24) is 14.9 Å². The maximum absolute atomic E-state index is 11.4. The van der Waals surface area contributed by atoms with Gasteiger partial charge in [0.05, 0.1) is 17.4 Å². The molecule has 0 radical (unpaired) electrons. The standard InChI is InChI=1S/C13H18N4O/c1-10(14)8-13(18)15-6-7-17-9-16-11-4-2-3-5-12(11)17/h2-5,9-10H,6-8,14H2,1H3,(H,15,18). The molecule has 5 heteroatoms. The van der Waals surface area contributed by atoms with E-state index in [-0.39, 0.29) is 11.9 Å². The van der Waals surface area contributed by atoms with Gasteiger partial charge in [0.1, 0.15) is 0 Å². The van der Waals surface area contributed by atoms with Crippen LogP contribution in [0.2, 0.25) is 0 Å². The first-order valence-electron chi connectivity index (χ1n) is 6.09. The average molecular weight is 246 g/mol. The van der Waals surface area contributed by atoms with Crippen molar-refractivity contribution in [2.24, 2.45) is 5.73 Å². The van der Waals surface area contributed by atoms with Crippen LogP contribution in [0.3, 0.4) is 0 Å². The van der Waals surface area contributed by atoms with Crippen molar-refractivity contribution in [3.8, 4) is 0 Å². The number of nitrogens with zero attached hydrogens (tertiary/aromatic N) is 2. The van der Waals surface area contributed by atoms with Crippen LogP contribution in [0.4, 0.5) is 0 Å². The summed E-state index contributed by atoms with van der Waals surface area (Å²) in [6, 6.07) is 7.84. The minimum Gasteiger partial charge on any atom is -0.354 e. The van der Waals surface area contributed by atoms with Crippen molar-refractivity contribution >= 4 is 16.9 Å². The fourth-order valence-corrected chi connectivity index (χ4v) is 1.87. The number of imidazole rings is 1. The molecule has 1 amide bonds. The van der Waals surface area contributed by atoms with Crippen LogP contribution in [0.5, 0.6) is 0 Å². The Bertz CT molecular complexity index is 533. The summed E-state index contributed by atoms with van der Waals surface area (Å²) in [7, 11) is 0. The highest BCUT2D eigenvalue weighted by Crippen LogP contribution is 2.10. The molecule has 2 aromatic rings. The number of rotatable bonds is 5. The summed E-state index contributed by atoms with van der Waals surface area (Å²) in [5.41, 5.74) is 7.61. The van der Waals surface area contributed by atoms with Gasteiger partial charge in [0, 0.05) is 25.6 Å². The number of nitrogens with two attached hydrogens (primary N) is 1. The van der Waals surface area contributed by atoms with E-state index in [9.17, 15) is 4.79 Å². The van der Waals surface area contributed by atoms with E-state index in [1.54, 1.807) is 6.33 Å². The number of fused-ring (bicyclic) bond motifs is 1. The van der Waals surface area contributed by atoms with E-state index in [0.29, 0.717) is 19.5 Å². The molecule has 1 aromatic heterocycles. The Labute approximate surface area is 106 Å². The normalized spacial score (nSPS) is 12.6. The molecule has 0 aliphatic rings. The van der Waals surface area contributed by atoms with Crippen LogP contribution < -0.4 is 11.1 Å². The van der Waals surface area contributed by atoms with E-state index >= 15 is 0 Å². The highest BCUT2D eigenvalue weighted by molar-refractivity contribution is 5.76. The number of hydrogen-bond donors (Lipinski definition) is 2. The fourth-order valence-electron chi connectivity index (χ4n) is 1.87. The molecule has 3 N–H and O–H groups in total. The van der Waals surface area contributed by atoms with E-state index in [4.69, 9.17) is 5.73 Å². The number of hydrogen-bond acceptors (Lipinski definition) is 3. The zero-order chi connectivity index (χ0) is 13.0. The predicted molar refractivity (Wildman–Crippen MR) is 71.0 cm³/mol. The van der Waals surface area contributed by atoms with E-state index in [1.807, 2.05) is 35.8 Å². The molecule has 0 saturated heterocycles. The van der Waals surface area contributed by atoms with E-state index in [2.05, 4.69) is 10.3 Å². The van der Waals surface area contributed by atoms with Crippen molar-refractivity contribution in [3.63, 3.8) is 0 Å². The van der Waals surface area contributed by atoms with Crippen molar-refractivity contribution in [1.29, 1.82) is 0 Å². The predicted octanol–water partition coefficient (Wildman–Crippen LogP) is 0.890. The number of carbonyl (C=O) groups is 1. The molecule has 18 heavy (non-hydrogen) atoms. The molecule has 96 valence electrons. The van der Waals surface area contributed by atoms with Gasteiger partial charge in [-0.2, -0.15) is 0 Å². The van der Waals surface area contributed by atoms with Gasteiger partial charge >= 0.3 is 0 Å². The van der Waals surface area contributed by atoms with Gasteiger partial charge in [-0.25, -0.2) is 4.98 Å². The zero-order valence-electron chi connectivity index (χ0n) is 10.5. The Morgan fingerprint density at radius 3 is 3.06 bits per heavy atom. The minimum atomic E-state index is -0.0981. The summed E-state index contributed by atoms with van der Waals surface area (Å²) in [4.78, 5) is 15.7. The van der Waals surface area contributed by atoms with Crippen LogP contribution >= 0.6 is 0 Å². The lowest BCUT2D eigenvalue weighted by molar-refractivity contribution is -0.121. The SMILES string of the molecule is CC(N)CC(=O)NCCn1cnc2ccccc21. The largest absolute Gasteiger partial charge is 0.354 e. The number of aromatic nitrogens is 2. The van der Waals surface area contributed by atoms with Crippen LogP contribution in [-0.2, 0) is 11.3 Å². The van der Waals surface area contributed by atoms with Crippen LogP contribution in [0.15, 0.2) is 30.6 Å². The first kappa shape index (κ1) is 12.6. The summed E-state index contributed by atoms with van der Waals surface area (Å²) in [5.74, 6) is -0.00517. The lowest BCUT2D eigenvalue weighted by Crippen LogP contribution is -2.31. The van der Waals surface area contributed by atoms with Gasteiger partial charge in [-0.3, -0.25) is 4.79 Å². The summed E-state index contributed by atoms with van der Waals surface area (Å²) < 4.78 is 2.03. The number of para-hydroxylation sites is 2. The second-order valence-corrected chi connectivity index (χ2v) is 4.46. The molecule has 1 unspecified atom stereocenters. The highest BCUT2D eigenvalue weighted by Gasteiger charge is 2.05. The quantitative estimate of drug-likeness (QED) is 0.823. The summed E-state index contributed by atoms with van der Waals surface area (Å²) >= 11 is 0. The van der Waals surface area contributed by atoms with Crippen molar-refractivity contribution in [2.75, 3.05) is 6.54 Å². The van der Waals surface area contributed by atoms with E-state index < -0.39 is 0 Å². The molecule has 1 heterocycles. The zero-order valence-corrected chi connectivity index (χ0v) is 10.5. The van der Waals surface area contributed by atoms with Gasteiger partial charge in [0.15, 0.2) is 0 Å². The van der Waals surface area contributed by atoms with Crippen LogP contribution in [0.25, 0.3) is 11.0 Å². The molecular weight excluding hydrogens is 228 g/mol. The first-order valence-corrected chi connectivity index (χ1v) is 6.09. The van der Waals surface area contributed by atoms with Gasteiger partial charge in [0.2, 0.25) is 5.91 Å². The molecule has 5 nitrogen and oxygen atoms in total. The maximum atomic E-state index is 11.4. The average Bonchev–Trinajstić information content (AvgIpc) is 2.72. The van der Waals surface area contributed by atoms with Gasteiger partial charge in [-0.15, -0.1) is 0 Å². The summed E-state index contributed by atoms with van der Waals surface area (Å²) in [6.07, 6.45) is 2.16. The van der Waals surface area contributed by atoms with Crippen LogP contribution in [0.1, 0.15) is 13.3 Å². The molecule has 0 spiro atoms. The molecule has 1 aromatic carbocycles. The Morgan fingerprint density at radius 1 is 1.50 bits per heavy atom. The Hall–Kier alpha value is -1.88. The lowest BCUT2D eigenvalue weighted by Gasteiger charge is -2.08. The van der Waals surface area contributed by atoms with Gasteiger partial charge in [-0.1, -0.05) is 12.1 Å². The number of benzene rings is 1. The number of nitrogens with one attached hydrogen (secondary N) is 1. The summed E-state index contributed by atoms with van der Waals surface area (Å²) in [5, 5.41) is 2.85. The molecule has 0 aliphatic carbocycles. The molecular formula is C13H18N4O. The Balaban J connectivity index is 1.89. The number of amides is 1.